The van der Waals surface area contributed by atoms with E-state index in [1.165, 1.54) is 18.2 Å². The molecule has 1 aliphatic rings. The van der Waals surface area contributed by atoms with Crippen LogP contribution in [0.4, 0.5) is 0 Å². The van der Waals surface area contributed by atoms with Crippen molar-refractivity contribution in [2.45, 2.75) is 57.0 Å². The molecule has 0 saturated carbocycles. The van der Waals surface area contributed by atoms with Crippen LogP contribution >= 0.6 is 23.4 Å². The molecule has 0 N–H and O–H groups in total. The molecular formula is C18H22ClN3O3S. The number of carbonyl (C=O) groups is 1. The molecular weight excluding hydrogens is 374 g/mol. The van der Waals surface area contributed by atoms with Gasteiger partial charge in [-0.15, -0.1) is 10.2 Å². The Bertz CT molecular complexity index is 728. The number of nitrogens with zero attached hydrogens (tertiary/aromatic N) is 3. The SMILES string of the molecule is C[C@H]1CCC[C@H](C)N1C(=O)CSc1nnc(COc2ccc(Cl)cc2)o1. The van der Waals surface area contributed by atoms with Gasteiger partial charge in [0.05, 0.1) is 5.75 Å². The van der Waals surface area contributed by atoms with Crippen LogP contribution in [0.1, 0.15) is 39.0 Å². The summed E-state index contributed by atoms with van der Waals surface area (Å²) in [5.41, 5.74) is 0. The van der Waals surface area contributed by atoms with E-state index in [0.29, 0.717) is 27.6 Å². The van der Waals surface area contributed by atoms with Crippen molar-refractivity contribution in [1.29, 1.82) is 0 Å². The Morgan fingerprint density at radius 3 is 2.65 bits per heavy atom. The zero-order chi connectivity index (χ0) is 18.5. The second-order valence-electron chi connectivity index (χ2n) is 6.42. The van der Waals surface area contributed by atoms with Gasteiger partial charge in [0.1, 0.15) is 5.75 Å². The maximum Gasteiger partial charge on any atom is 0.277 e. The van der Waals surface area contributed by atoms with E-state index >= 15 is 0 Å². The average Bonchev–Trinajstić information content (AvgIpc) is 3.07. The van der Waals surface area contributed by atoms with Crippen LogP contribution in [0.15, 0.2) is 33.9 Å². The van der Waals surface area contributed by atoms with Crippen molar-refractivity contribution in [2.75, 3.05) is 5.75 Å². The van der Waals surface area contributed by atoms with Crippen LogP contribution in [0.3, 0.4) is 0 Å². The Kier molecular flexibility index (Phi) is 6.43. The molecule has 1 aromatic carbocycles. The molecule has 1 aliphatic heterocycles. The van der Waals surface area contributed by atoms with Crippen LogP contribution in [-0.2, 0) is 11.4 Å². The van der Waals surface area contributed by atoms with Gasteiger partial charge in [-0.3, -0.25) is 4.79 Å². The van der Waals surface area contributed by atoms with Crippen molar-refractivity contribution in [3.05, 3.63) is 35.2 Å². The average molecular weight is 396 g/mol. The summed E-state index contributed by atoms with van der Waals surface area (Å²) in [6.07, 6.45) is 3.31. The third-order valence-electron chi connectivity index (χ3n) is 4.42. The lowest BCUT2D eigenvalue weighted by Gasteiger charge is -2.39. The number of ether oxygens (including phenoxy) is 1. The largest absolute Gasteiger partial charge is 0.484 e. The monoisotopic (exact) mass is 395 g/mol. The molecule has 0 radical (unpaired) electrons. The maximum atomic E-state index is 12.5. The lowest BCUT2D eigenvalue weighted by atomic mass is 9.98. The second kappa shape index (κ2) is 8.77. The Hall–Kier alpha value is -1.73. The van der Waals surface area contributed by atoms with Crippen LogP contribution in [0, 0.1) is 0 Å². The summed E-state index contributed by atoms with van der Waals surface area (Å²) in [6.45, 7) is 4.39. The first-order valence-corrected chi connectivity index (χ1v) is 10.0. The molecule has 3 rings (SSSR count). The van der Waals surface area contributed by atoms with Crippen LogP contribution in [0.5, 0.6) is 5.75 Å². The van der Waals surface area contributed by atoms with Gasteiger partial charge < -0.3 is 14.1 Å². The molecule has 0 unspecified atom stereocenters. The Balaban J connectivity index is 1.48. The van der Waals surface area contributed by atoms with Gasteiger partial charge in [0.2, 0.25) is 5.91 Å². The summed E-state index contributed by atoms with van der Waals surface area (Å²) in [4.78, 5) is 14.5. The van der Waals surface area contributed by atoms with Crippen molar-refractivity contribution in [3.63, 3.8) is 0 Å². The lowest BCUT2D eigenvalue weighted by Crippen LogP contribution is -2.48. The minimum absolute atomic E-state index is 0.117. The maximum absolute atomic E-state index is 12.5. The molecule has 2 heterocycles. The summed E-state index contributed by atoms with van der Waals surface area (Å²) < 4.78 is 11.1. The van der Waals surface area contributed by atoms with Crippen molar-refractivity contribution < 1.29 is 13.9 Å². The van der Waals surface area contributed by atoms with Crippen molar-refractivity contribution in [3.8, 4) is 5.75 Å². The fourth-order valence-corrected chi connectivity index (χ4v) is 3.92. The number of carbonyl (C=O) groups excluding carboxylic acids is 1. The first kappa shape index (κ1) is 19.0. The van der Waals surface area contributed by atoms with E-state index in [0.717, 1.165) is 12.8 Å². The van der Waals surface area contributed by atoms with E-state index in [-0.39, 0.29) is 24.6 Å². The van der Waals surface area contributed by atoms with Gasteiger partial charge in [0, 0.05) is 17.1 Å². The first-order valence-electron chi connectivity index (χ1n) is 8.67. The van der Waals surface area contributed by atoms with Gasteiger partial charge in [0.15, 0.2) is 6.61 Å². The molecule has 2 aromatic rings. The van der Waals surface area contributed by atoms with Gasteiger partial charge in [-0.25, -0.2) is 0 Å². The first-order chi connectivity index (χ1) is 12.5. The highest BCUT2D eigenvalue weighted by atomic mass is 35.5. The molecule has 2 atom stereocenters. The number of thioether (sulfide) groups is 1. The van der Waals surface area contributed by atoms with Gasteiger partial charge in [-0.05, 0) is 57.4 Å². The standard InChI is InChI=1S/C18H22ClN3O3S/c1-12-4-3-5-13(2)22(12)17(23)11-26-18-21-20-16(25-18)10-24-15-8-6-14(19)7-9-15/h6-9,12-13H,3-5,10-11H2,1-2H3/t12-,13-/m0/s1. The van der Waals surface area contributed by atoms with E-state index in [9.17, 15) is 4.79 Å². The minimum Gasteiger partial charge on any atom is -0.484 e. The summed E-state index contributed by atoms with van der Waals surface area (Å²) in [5.74, 6) is 1.46. The minimum atomic E-state index is 0.117. The molecule has 1 saturated heterocycles. The molecule has 0 spiro atoms. The Labute approximate surface area is 162 Å². The molecule has 0 bridgehead atoms. The van der Waals surface area contributed by atoms with E-state index in [1.807, 2.05) is 4.90 Å². The highest BCUT2D eigenvalue weighted by Crippen LogP contribution is 2.25. The normalized spacial score (nSPS) is 20.2. The zero-order valence-corrected chi connectivity index (χ0v) is 16.4. The van der Waals surface area contributed by atoms with Gasteiger partial charge in [0.25, 0.3) is 11.1 Å². The molecule has 8 heteroatoms. The zero-order valence-electron chi connectivity index (χ0n) is 14.9. The lowest BCUT2D eigenvalue weighted by molar-refractivity contribution is -0.134. The van der Waals surface area contributed by atoms with Crippen LogP contribution in [0.2, 0.25) is 5.02 Å². The smallest absolute Gasteiger partial charge is 0.277 e. The number of hydrogen-bond acceptors (Lipinski definition) is 6. The molecule has 26 heavy (non-hydrogen) atoms. The van der Waals surface area contributed by atoms with E-state index < -0.39 is 0 Å². The molecule has 1 fully saturated rings. The van der Waals surface area contributed by atoms with E-state index in [2.05, 4.69) is 24.0 Å². The number of rotatable bonds is 6. The van der Waals surface area contributed by atoms with Gasteiger partial charge >= 0.3 is 0 Å². The van der Waals surface area contributed by atoms with Crippen LogP contribution < -0.4 is 4.74 Å². The highest BCUT2D eigenvalue weighted by molar-refractivity contribution is 7.99. The van der Waals surface area contributed by atoms with Crippen LogP contribution in [-0.4, -0.2) is 38.8 Å². The summed E-state index contributed by atoms with van der Waals surface area (Å²) in [5, 5.41) is 8.96. The molecule has 1 amide bonds. The predicted molar refractivity (Wildman–Crippen MR) is 100 cm³/mol. The fraction of sp³-hybridized carbons (Fsp3) is 0.500. The number of likely N-dealkylation sites (tertiary alicyclic amines) is 1. The topological polar surface area (TPSA) is 68.5 Å². The predicted octanol–water partition coefficient (Wildman–Crippen LogP) is 4.18. The highest BCUT2D eigenvalue weighted by Gasteiger charge is 2.29. The summed E-state index contributed by atoms with van der Waals surface area (Å²) in [7, 11) is 0. The fourth-order valence-electron chi connectivity index (χ4n) is 3.14. The Morgan fingerprint density at radius 1 is 1.27 bits per heavy atom. The van der Waals surface area contributed by atoms with Crippen LogP contribution in [0.25, 0.3) is 0 Å². The number of aromatic nitrogens is 2. The molecule has 6 nitrogen and oxygen atoms in total. The van der Waals surface area contributed by atoms with Gasteiger partial charge in [-0.2, -0.15) is 0 Å². The summed E-state index contributed by atoms with van der Waals surface area (Å²) >= 11 is 7.10. The quantitative estimate of drug-likeness (QED) is 0.683. The summed E-state index contributed by atoms with van der Waals surface area (Å²) in [6, 6.07) is 7.62. The Morgan fingerprint density at radius 2 is 1.96 bits per heavy atom. The number of amides is 1. The van der Waals surface area contributed by atoms with E-state index in [1.54, 1.807) is 24.3 Å². The van der Waals surface area contributed by atoms with Crippen molar-refractivity contribution in [1.82, 2.24) is 15.1 Å². The number of benzene rings is 1. The van der Waals surface area contributed by atoms with Crippen molar-refractivity contribution in [2.24, 2.45) is 0 Å². The number of hydrogen-bond donors (Lipinski definition) is 0. The molecule has 0 aliphatic carbocycles. The molecule has 140 valence electrons. The number of halogens is 1. The number of piperidine rings is 1. The third-order valence-corrected chi connectivity index (χ3v) is 5.48. The van der Waals surface area contributed by atoms with Gasteiger partial charge in [-0.1, -0.05) is 23.4 Å². The second-order valence-corrected chi connectivity index (χ2v) is 7.79. The van der Waals surface area contributed by atoms with Crippen molar-refractivity contribution >= 4 is 29.3 Å². The molecule has 1 aromatic heterocycles. The third kappa shape index (κ3) is 4.92. The van der Waals surface area contributed by atoms with E-state index in [4.69, 9.17) is 20.8 Å².